The first kappa shape index (κ1) is 17.2. The molecule has 27 heavy (non-hydrogen) atoms. The van der Waals surface area contributed by atoms with Gasteiger partial charge in [-0.3, -0.25) is 0 Å². The van der Waals surface area contributed by atoms with Gasteiger partial charge in [0.25, 0.3) is 0 Å². The Hall–Kier alpha value is -3.23. The highest BCUT2D eigenvalue weighted by Gasteiger charge is 2.23. The summed E-state index contributed by atoms with van der Waals surface area (Å²) in [4.78, 5) is 2.31. The molecule has 0 saturated carbocycles. The van der Waals surface area contributed by atoms with Crippen molar-refractivity contribution >= 4 is 0 Å². The Morgan fingerprint density at radius 1 is 1.15 bits per heavy atom. The van der Waals surface area contributed by atoms with E-state index in [2.05, 4.69) is 46.4 Å². The van der Waals surface area contributed by atoms with E-state index in [1.165, 1.54) is 11.1 Å². The number of benzene rings is 2. The van der Waals surface area contributed by atoms with Crippen LogP contribution >= 0.6 is 0 Å². The number of nitriles is 1. The molecule has 5 nitrogen and oxygen atoms in total. The minimum atomic E-state index is -0.0196. The van der Waals surface area contributed by atoms with Gasteiger partial charge in [-0.15, -0.1) is 0 Å². The van der Waals surface area contributed by atoms with Crippen LogP contribution in [0.5, 0.6) is 5.75 Å². The molecule has 0 bridgehead atoms. The lowest BCUT2D eigenvalue weighted by atomic mass is 9.97. The second kappa shape index (κ2) is 7.56. The largest absolute Gasteiger partial charge is 0.486 e. The average molecular weight is 356 g/mol. The predicted molar refractivity (Wildman–Crippen MR) is 103 cm³/mol. The van der Waals surface area contributed by atoms with Crippen LogP contribution in [0, 0.1) is 11.3 Å². The summed E-state index contributed by atoms with van der Waals surface area (Å²) in [5.41, 5.74) is 5.02. The van der Waals surface area contributed by atoms with E-state index in [1.807, 2.05) is 24.3 Å². The molecule has 2 aromatic carbocycles. The third-order valence-corrected chi connectivity index (χ3v) is 4.83. The van der Waals surface area contributed by atoms with Gasteiger partial charge in [0, 0.05) is 31.3 Å². The van der Waals surface area contributed by atoms with E-state index in [0.717, 1.165) is 36.5 Å². The molecule has 3 aromatic rings. The van der Waals surface area contributed by atoms with E-state index in [1.54, 1.807) is 18.3 Å². The van der Waals surface area contributed by atoms with Gasteiger partial charge in [0.05, 0.1) is 17.3 Å². The van der Waals surface area contributed by atoms with Crippen LogP contribution < -0.4 is 4.74 Å². The van der Waals surface area contributed by atoms with Gasteiger partial charge in [-0.25, -0.2) is 0 Å². The number of hydrogen-bond donors (Lipinski definition) is 0. The SMILES string of the molecule is CN1CCC(Oc2ccc(C#N)cc2)c2ccc(-c3cccnn3)cc2C1. The molecule has 0 radical (unpaired) electrons. The highest BCUT2D eigenvalue weighted by molar-refractivity contribution is 5.60. The Balaban J connectivity index is 1.66. The number of nitrogens with zero attached hydrogens (tertiary/aromatic N) is 4. The highest BCUT2D eigenvalue weighted by atomic mass is 16.5. The maximum atomic E-state index is 8.96. The fourth-order valence-corrected chi connectivity index (χ4v) is 3.43. The van der Waals surface area contributed by atoms with Crippen LogP contribution in [0.1, 0.15) is 29.2 Å². The van der Waals surface area contributed by atoms with Crippen LogP contribution in [0.3, 0.4) is 0 Å². The Morgan fingerprint density at radius 2 is 2.00 bits per heavy atom. The number of fused-ring (bicyclic) bond motifs is 1. The summed E-state index contributed by atoms with van der Waals surface area (Å²) in [6, 6.07) is 19.7. The van der Waals surface area contributed by atoms with Gasteiger partial charge in [0.2, 0.25) is 0 Å². The maximum absolute atomic E-state index is 8.96. The van der Waals surface area contributed by atoms with Crippen molar-refractivity contribution in [3.8, 4) is 23.1 Å². The van der Waals surface area contributed by atoms with Crippen LogP contribution in [-0.2, 0) is 6.54 Å². The third kappa shape index (κ3) is 3.81. The van der Waals surface area contributed by atoms with Crippen molar-refractivity contribution in [2.75, 3.05) is 13.6 Å². The molecule has 0 aliphatic carbocycles. The molecule has 0 amide bonds. The highest BCUT2D eigenvalue weighted by Crippen LogP contribution is 2.33. The number of rotatable bonds is 3. The molecule has 1 aliphatic rings. The third-order valence-electron chi connectivity index (χ3n) is 4.83. The van der Waals surface area contributed by atoms with E-state index in [-0.39, 0.29) is 6.10 Å². The van der Waals surface area contributed by atoms with E-state index in [4.69, 9.17) is 10.00 Å². The van der Waals surface area contributed by atoms with Crippen LogP contribution in [-0.4, -0.2) is 28.7 Å². The molecule has 1 aliphatic heterocycles. The lowest BCUT2D eigenvalue weighted by Crippen LogP contribution is -2.18. The van der Waals surface area contributed by atoms with Crippen molar-refractivity contribution in [1.82, 2.24) is 15.1 Å². The fourth-order valence-electron chi connectivity index (χ4n) is 3.43. The predicted octanol–water partition coefficient (Wildman–Crippen LogP) is 3.97. The molecule has 0 N–H and O–H groups in total. The van der Waals surface area contributed by atoms with Crippen molar-refractivity contribution < 1.29 is 4.74 Å². The Bertz CT molecular complexity index is 964. The van der Waals surface area contributed by atoms with Crippen molar-refractivity contribution in [2.24, 2.45) is 0 Å². The van der Waals surface area contributed by atoms with Gasteiger partial charge < -0.3 is 9.64 Å². The topological polar surface area (TPSA) is 62.0 Å². The second-order valence-corrected chi connectivity index (χ2v) is 6.79. The summed E-state index contributed by atoms with van der Waals surface area (Å²) < 4.78 is 6.29. The summed E-state index contributed by atoms with van der Waals surface area (Å²) in [5.74, 6) is 0.785. The molecule has 0 saturated heterocycles. The van der Waals surface area contributed by atoms with Gasteiger partial charge in [-0.1, -0.05) is 12.1 Å². The lowest BCUT2D eigenvalue weighted by molar-refractivity contribution is 0.182. The first-order valence-corrected chi connectivity index (χ1v) is 8.99. The minimum Gasteiger partial charge on any atom is -0.486 e. The first-order valence-electron chi connectivity index (χ1n) is 8.99. The standard InChI is InChI=1S/C22H20N4O/c1-26-12-10-22(27-19-7-4-16(14-23)5-8-19)20-9-6-17(13-18(20)15-26)21-3-2-11-24-25-21/h2-9,11,13,22H,10,12,15H2,1H3. The zero-order chi connectivity index (χ0) is 18.6. The molecule has 1 aromatic heterocycles. The molecule has 1 atom stereocenters. The van der Waals surface area contributed by atoms with Crippen LogP contribution in [0.4, 0.5) is 0 Å². The van der Waals surface area contributed by atoms with E-state index in [0.29, 0.717) is 5.56 Å². The zero-order valence-corrected chi connectivity index (χ0v) is 15.2. The van der Waals surface area contributed by atoms with Crippen LogP contribution in [0.2, 0.25) is 0 Å². The molecular weight excluding hydrogens is 336 g/mol. The average Bonchev–Trinajstić information content (AvgIpc) is 2.87. The summed E-state index contributed by atoms with van der Waals surface area (Å²) in [7, 11) is 2.13. The smallest absolute Gasteiger partial charge is 0.125 e. The van der Waals surface area contributed by atoms with Gasteiger partial charge in [0.15, 0.2) is 0 Å². The Morgan fingerprint density at radius 3 is 2.74 bits per heavy atom. The van der Waals surface area contributed by atoms with Crippen molar-refractivity contribution in [1.29, 1.82) is 5.26 Å². The van der Waals surface area contributed by atoms with Crippen molar-refractivity contribution in [2.45, 2.75) is 19.1 Å². The minimum absolute atomic E-state index is 0.0196. The number of aromatic nitrogens is 2. The molecule has 4 rings (SSSR count). The molecular formula is C22H20N4O. The normalized spacial score (nSPS) is 16.8. The molecule has 134 valence electrons. The molecule has 2 heterocycles. The van der Waals surface area contributed by atoms with Gasteiger partial charge in [0.1, 0.15) is 11.9 Å². The lowest BCUT2D eigenvalue weighted by Gasteiger charge is -2.20. The number of hydrogen-bond acceptors (Lipinski definition) is 5. The maximum Gasteiger partial charge on any atom is 0.125 e. The van der Waals surface area contributed by atoms with E-state index < -0.39 is 0 Å². The summed E-state index contributed by atoms with van der Waals surface area (Å²) in [6.45, 7) is 1.83. The van der Waals surface area contributed by atoms with Gasteiger partial charge >= 0.3 is 0 Å². The summed E-state index contributed by atoms with van der Waals surface area (Å²) in [5, 5.41) is 17.2. The van der Waals surface area contributed by atoms with Gasteiger partial charge in [-0.05, 0) is 60.6 Å². The number of ether oxygens (including phenoxy) is 1. The van der Waals surface area contributed by atoms with E-state index >= 15 is 0 Å². The van der Waals surface area contributed by atoms with Gasteiger partial charge in [-0.2, -0.15) is 15.5 Å². The molecule has 5 heteroatoms. The van der Waals surface area contributed by atoms with Crippen molar-refractivity contribution in [3.63, 3.8) is 0 Å². The second-order valence-electron chi connectivity index (χ2n) is 6.79. The fraction of sp³-hybridized carbons (Fsp3) is 0.227. The monoisotopic (exact) mass is 356 g/mol. The zero-order valence-electron chi connectivity index (χ0n) is 15.2. The Kier molecular flexibility index (Phi) is 4.82. The van der Waals surface area contributed by atoms with Crippen LogP contribution in [0.25, 0.3) is 11.3 Å². The molecule has 0 spiro atoms. The molecule has 1 unspecified atom stereocenters. The first-order chi connectivity index (χ1) is 13.2. The summed E-state index contributed by atoms with van der Waals surface area (Å²) in [6.07, 6.45) is 2.57. The van der Waals surface area contributed by atoms with E-state index in [9.17, 15) is 0 Å². The quantitative estimate of drug-likeness (QED) is 0.710. The Labute approximate surface area is 158 Å². The van der Waals surface area contributed by atoms with Crippen molar-refractivity contribution in [3.05, 3.63) is 77.5 Å². The van der Waals surface area contributed by atoms with Crippen LogP contribution in [0.15, 0.2) is 60.8 Å². The molecule has 0 fully saturated rings. The summed E-state index contributed by atoms with van der Waals surface area (Å²) >= 11 is 0.